The Bertz CT molecular complexity index is 336. The van der Waals surface area contributed by atoms with Crippen molar-refractivity contribution in [2.45, 2.75) is 6.43 Å². The van der Waals surface area contributed by atoms with Crippen molar-refractivity contribution >= 4 is 0 Å². The van der Waals surface area contributed by atoms with E-state index in [2.05, 4.69) is 5.92 Å². The molecule has 1 aromatic carbocycles. The summed E-state index contributed by atoms with van der Waals surface area (Å²) in [5.41, 5.74) is 0.477. The van der Waals surface area contributed by atoms with Gasteiger partial charge < -0.3 is 4.74 Å². The standard InChI is InChI=1S/C10H8F2O/c1-13-9-5-3-2-4-8(9)6-7-10(11)12/h2-5,10H,1H3. The monoisotopic (exact) mass is 182 g/mol. The summed E-state index contributed by atoms with van der Waals surface area (Å²) in [6.07, 6.45) is -2.61. The van der Waals surface area contributed by atoms with E-state index in [1.807, 2.05) is 0 Å². The lowest BCUT2D eigenvalue weighted by molar-refractivity contribution is 0.215. The molecule has 0 unspecified atom stereocenters. The van der Waals surface area contributed by atoms with Crippen LogP contribution in [0.4, 0.5) is 8.78 Å². The lowest BCUT2D eigenvalue weighted by Gasteiger charge is -2.00. The summed E-state index contributed by atoms with van der Waals surface area (Å²) < 4.78 is 28.4. The van der Waals surface area contributed by atoms with E-state index < -0.39 is 6.43 Å². The molecule has 1 aromatic rings. The Morgan fingerprint density at radius 2 is 2.00 bits per heavy atom. The van der Waals surface area contributed by atoms with Crippen LogP contribution in [0.2, 0.25) is 0 Å². The summed E-state index contributed by atoms with van der Waals surface area (Å²) in [6.45, 7) is 0. The van der Waals surface area contributed by atoms with Crippen molar-refractivity contribution < 1.29 is 13.5 Å². The van der Waals surface area contributed by atoms with E-state index in [0.29, 0.717) is 11.3 Å². The SMILES string of the molecule is COc1ccccc1C#CC(F)F. The predicted molar refractivity (Wildman–Crippen MR) is 45.9 cm³/mol. The van der Waals surface area contributed by atoms with Crippen molar-refractivity contribution in [2.24, 2.45) is 0 Å². The lowest BCUT2D eigenvalue weighted by Crippen LogP contribution is -1.88. The van der Waals surface area contributed by atoms with Gasteiger partial charge in [-0.2, -0.15) is 8.78 Å². The van der Waals surface area contributed by atoms with Crippen molar-refractivity contribution in [1.29, 1.82) is 0 Å². The summed E-state index contributed by atoms with van der Waals surface area (Å²) in [5.74, 6) is 4.62. The Kier molecular flexibility index (Phi) is 3.27. The van der Waals surface area contributed by atoms with Crippen molar-refractivity contribution in [3.8, 4) is 17.6 Å². The molecule has 0 N–H and O–H groups in total. The minimum Gasteiger partial charge on any atom is -0.495 e. The molecule has 0 aliphatic carbocycles. The molecule has 0 fully saturated rings. The number of hydrogen-bond acceptors (Lipinski definition) is 1. The summed E-state index contributed by atoms with van der Waals surface area (Å²) in [7, 11) is 1.48. The highest BCUT2D eigenvalue weighted by molar-refractivity contribution is 5.45. The molecule has 1 nitrogen and oxygen atoms in total. The first-order chi connectivity index (χ1) is 6.24. The minimum absolute atomic E-state index is 0.477. The number of alkyl halides is 2. The summed E-state index contributed by atoms with van der Waals surface area (Å²) in [6, 6.07) is 6.79. The quantitative estimate of drug-likeness (QED) is 0.605. The molecule has 13 heavy (non-hydrogen) atoms. The molecule has 0 aliphatic rings. The normalized spacial score (nSPS) is 9.23. The highest BCUT2D eigenvalue weighted by Crippen LogP contribution is 2.15. The third kappa shape index (κ3) is 2.75. The molecule has 0 atom stereocenters. The maximum Gasteiger partial charge on any atom is 0.299 e. The van der Waals surface area contributed by atoms with E-state index in [1.165, 1.54) is 7.11 Å². The topological polar surface area (TPSA) is 9.23 Å². The third-order valence-electron chi connectivity index (χ3n) is 1.42. The van der Waals surface area contributed by atoms with Gasteiger partial charge in [0.05, 0.1) is 12.7 Å². The van der Waals surface area contributed by atoms with Crippen LogP contribution in [0.15, 0.2) is 24.3 Å². The Balaban J connectivity index is 2.95. The van der Waals surface area contributed by atoms with Gasteiger partial charge in [0.25, 0.3) is 6.43 Å². The van der Waals surface area contributed by atoms with Crippen LogP contribution in [0.25, 0.3) is 0 Å². The third-order valence-corrected chi connectivity index (χ3v) is 1.42. The first kappa shape index (κ1) is 9.53. The van der Waals surface area contributed by atoms with Gasteiger partial charge >= 0.3 is 0 Å². The highest BCUT2D eigenvalue weighted by Gasteiger charge is 1.98. The number of para-hydroxylation sites is 1. The van der Waals surface area contributed by atoms with Gasteiger partial charge in [0.15, 0.2) is 0 Å². The van der Waals surface area contributed by atoms with Gasteiger partial charge in [-0.15, -0.1) is 0 Å². The fraction of sp³-hybridized carbons (Fsp3) is 0.200. The van der Waals surface area contributed by atoms with Gasteiger partial charge in [0, 0.05) is 0 Å². The van der Waals surface area contributed by atoms with Crippen LogP contribution in [-0.4, -0.2) is 13.5 Å². The average Bonchev–Trinajstić information content (AvgIpc) is 2.15. The number of hydrogen-bond donors (Lipinski definition) is 0. The molecular formula is C10H8F2O. The van der Waals surface area contributed by atoms with Crippen molar-refractivity contribution in [3.63, 3.8) is 0 Å². The van der Waals surface area contributed by atoms with Gasteiger partial charge in [-0.05, 0) is 18.1 Å². The lowest BCUT2D eigenvalue weighted by atomic mass is 10.2. The molecule has 0 radical (unpaired) electrons. The number of halogens is 2. The maximum atomic E-state index is 11.7. The number of benzene rings is 1. The Labute approximate surface area is 75.3 Å². The molecule has 0 aromatic heterocycles. The van der Waals surface area contributed by atoms with Crippen LogP contribution in [0.5, 0.6) is 5.75 Å². The smallest absolute Gasteiger partial charge is 0.299 e. The van der Waals surface area contributed by atoms with E-state index in [1.54, 1.807) is 30.2 Å². The summed E-state index contributed by atoms with van der Waals surface area (Å²) in [5, 5.41) is 0. The predicted octanol–water partition coefficient (Wildman–Crippen LogP) is 2.31. The number of rotatable bonds is 1. The Morgan fingerprint density at radius 1 is 1.31 bits per heavy atom. The molecule has 0 heterocycles. The van der Waals surface area contributed by atoms with Crippen LogP contribution >= 0.6 is 0 Å². The van der Waals surface area contributed by atoms with Crippen LogP contribution in [-0.2, 0) is 0 Å². The van der Waals surface area contributed by atoms with E-state index >= 15 is 0 Å². The Morgan fingerprint density at radius 3 is 2.62 bits per heavy atom. The van der Waals surface area contributed by atoms with Gasteiger partial charge in [0.2, 0.25) is 0 Å². The zero-order chi connectivity index (χ0) is 9.68. The van der Waals surface area contributed by atoms with Crippen molar-refractivity contribution in [2.75, 3.05) is 7.11 Å². The summed E-state index contributed by atoms with van der Waals surface area (Å²) in [4.78, 5) is 0. The molecular weight excluding hydrogens is 174 g/mol. The Hall–Kier alpha value is -1.56. The molecule has 0 amide bonds. The average molecular weight is 182 g/mol. The van der Waals surface area contributed by atoms with Crippen molar-refractivity contribution in [1.82, 2.24) is 0 Å². The molecule has 0 bridgehead atoms. The zero-order valence-corrected chi connectivity index (χ0v) is 7.05. The first-order valence-electron chi connectivity index (χ1n) is 3.66. The molecule has 0 aliphatic heterocycles. The second kappa shape index (κ2) is 4.46. The molecule has 68 valence electrons. The van der Waals surface area contributed by atoms with Gasteiger partial charge in [0.1, 0.15) is 5.75 Å². The van der Waals surface area contributed by atoms with Crippen LogP contribution in [0.3, 0.4) is 0 Å². The number of ether oxygens (including phenoxy) is 1. The fourth-order valence-electron chi connectivity index (χ4n) is 0.880. The van der Waals surface area contributed by atoms with Crippen LogP contribution < -0.4 is 4.74 Å². The molecule has 3 heteroatoms. The first-order valence-corrected chi connectivity index (χ1v) is 3.66. The molecule has 0 saturated carbocycles. The zero-order valence-electron chi connectivity index (χ0n) is 7.05. The fourth-order valence-corrected chi connectivity index (χ4v) is 0.880. The van der Waals surface area contributed by atoms with E-state index in [0.717, 1.165) is 0 Å². The minimum atomic E-state index is -2.61. The highest BCUT2D eigenvalue weighted by atomic mass is 19.3. The van der Waals surface area contributed by atoms with Crippen LogP contribution in [0, 0.1) is 11.8 Å². The van der Waals surface area contributed by atoms with E-state index in [4.69, 9.17) is 4.74 Å². The number of methoxy groups -OCH3 is 1. The molecule has 0 spiro atoms. The maximum absolute atomic E-state index is 11.7. The van der Waals surface area contributed by atoms with Crippen LogP contribution in [0.1, 0.15) is 5.56 Å². The largest absolute Gasteiger partial charge is 0.495 e. The van der Waals surface area contributed by atoms with Gasteiger partial charge in [-0.1, -0.05) is 18.1 Å². The molecule has 0 saturated heterocycles. The van der Waals surface area contributed by atoms with Gasteiger partial charge in [-0.3, -0.25) is 0 Å². The molecule has 1 rings (SSSR count). The van der Waals surface area contributed by atoms with Crippen molar-refractivity contribution in [3.05, 3.63) is 29.8 Å². The second-order valence-corrected chi connectivity index (χ2v) is 2.27. The summed E-state index contributed by atoms with van der Waals surface area (Å²) >= 11 is 0. The van der Waals surface area contributed by atoms with Gasteiger partial charge in [-0.25, -0.2) is 0 Å². The van der Waals surface area contributed by atoms with E-state index in [9.17, 15) is 8.78 Å². The van der Waals surface area contributed by atoms with E-state index in [-0.39, 0.29) is 0 Å². The second-order valence-electron chi connectivity index (χ2n) is 2.27.